The number of hydrogen-bond donors (Lipinski definition) is 1. The van der Waals surface area contributed by atoms with Crippen molar-refractivity contribution < 1.29 is 0 Å². The molecular formula is C12H24N2S. The summed E-state index contributed by atoms with van der Waals surface area (Å²) in [5.74, 6) is 1.31. The van der Waals surface area contributed by atoms with E-state index < -0.39 is 0 Å². The molecular weight excluding hydrogens is 204 g/mol. The molecule has 0 aliphatic carbocycles. The van der Waals surface area contributed by atoms with Crippen molar-refractivity contribution in [2.45, 2.75) is 43.9 Å². The minimum atomic E-state index is 0.498. The SMILES string of the molecule is CC1(C)CCN(CC2CCCN2)CCS1. The highest BCUT2D eigenvalue weighted by molar-refractivity contribution is 8.00. The molecule has 0 radical (unpaired) electrons. The summed E-state index contributed by atoms with van der Waals surface area (Å²) in [4.78, 5) is 2.66. The molecule has 0 aromatic rings. The number of nitrogens with zero attached hydrogens (tertiary/aromatic N) is 1. The van der Waals surface area contributed by atoms with Gasteiger partial charge in [-0.1, -0.05) is 13.8 Å². The van der Waals surface area contributed by atoms with E-state index in [1.54, 1.807) is 0 Å². The average Bonchev–Trinajstić information content (AvgIpc) is 2.60. The van der Waals surface area contributed by atoms with Gasteiger partial charge < -0.3 is 10.2 Å². The van der Waals surface area contributed by atoms with E-state index in [-0.39, 0.29) is 0 Å². The average molecular weight is 228 g/mol. The molecule has 0 saturated carbocycles. The molecule has 0 aromatic carbocycles. The van der Waals surface area contributed by atoms with E-state index in [0.717, 1.165) is 6.04 Å². The first kappa shape index (κ1) is 11.7. The Labute approximate surface area is 98.2 Å². The fraction of sp³-hybridized carbons (Fsp3) is 1.00. The Morgan fingerprint density at radius 2 is 2.27 bits per heavy atom. The molecule has 0 bridgehead atoms. The zero-order valence-corrected chi connectivity index (χ0v) is 10.9. The van der Waals surface area contributed by atoms with Crippen molar-refractivity contribution in [1.82, 2.24) is 10.2 Å². The van der Waals surface area contributed by atoms with E-state index in [4.69, 9.17) is 0 Å². The molecule has 2 heterocycles. The van der Waals surface area contributed by atoms with E-state index in [2.05, 4.69) is 35.8 Å². The van der Waals surface area contributed by atoms with Crippen molar-refractivity contribution in [1.29, 1.82) is 0 Å². The van der Waals surface area contributed by atoms with Crippen LogP contribution in [0.2, 0.25) is 0 Å². The Morgan fingerprint density at radius 1 is 1.40 bits per heavy atom. The molecule has 0 spiro atoms. The van der Waals surface area contributed by atoms with Gasteiger partial charge in [0.1, 0.15) is 0 Å². The predicted molar refractivity (Wildman–Crippen MR) is 68.6 cm³/mol. The molecule has 2 saturated heterocycles. The first-order chi connectivity index (χ1) is 7.16. The number of rotatable bonds is 2. The third-order valence-electron chi connectivity index (χ3n) is 3.57. The van der Waals surface area contributed by atoms with Gasteiger partial charge in [0.15, 0.2) is 0 Å². The van der Waals surface area contributed by atoms with Crippen molar-refractivity contribution in [2.24, 2.45) is 0 Å². The van der Waals surface area contributed by atoms with Crippen molar-refractivity contribution in [3.05, 3.63) is 0 Å². The summed E-state index contributed by atoms with van der Waals surface area (Å²) in [6, 6.07) is 0.774. The van der Waals surface area contributed by atoms with Gasteiger partial charge in [0, 0.05) is 29.6 Å². The van der Waals surface area contributed by atoms with Crippen molar-refractivity contribution >= 4 is 11.8 Å². The van der Waals surface area contributed by atoms with E-state index in [1.165, 1.54) is 51.2 Å². The third-order valence-corrected chi connectivity index (χ3v) is 4.94. The lowest BCUT2D eigenvalue weighted by atomic mass is 10.1. The highest BCUT2D eigenvalue weighted by Crippen LogP contribution is 2.30. The second kappa shape index (κ2) is 5.07. The van der Waals surface area contributed by atoms with Crippen LogP contribution in [0.5, 0.6) is 0 Å². The van der Waals surface area contributed by atoms with Crippen LogP contribution >= 0.6 is 11.8 Å². The molecule has 0 aromatic heterocycles. The molecule has 0 amide bonds. The first-order valence-electron chi connectivity index (χ1n) is 6.25. The summed E-state index contributed by atoms with van der Waals surface area (Å²) in [5, 5.41) is 3.60. The van der Waals surface area contributed by atoms with E-state index in [1.807, 2.05) is 0 Å². The summed E-state index contributed by atoms with van der Waals surface area (Å²) in [6.45, 7) is 9.85. The van der Waals surface area contributed by atoms with E-state index >= 15 is 0 Å². The lowest BCUT2D eigenvalue weighted by Gasteiger charge is -2.24. The van der Waals surface area contributed by atoms with Crippen LogP contribution in [-0.2, 0) is 0 Å². The minimum Gasteiger partial charge on any atom is -0.313 e. The monoisotopic (exact) mass is 228 g/mol. The maximum atomic E-state index is 3.60. The molecule has 1 N–H and O–H groups in total. The van der Waals surface area contributed by atoms with Gasteiger partial charge in [-0.15, -0.1) is 0 Å². The summed E-state index contributed by atoms with van der Waals surface area (Å²) in [5.41, 5.74) is 0. The topological polar surface area (TPSA) is 15.3 Å². The van der Waals surface area contributed by atoms with Gasteiger partial charge in [-0.2, -0.15) is 11.8 Å². The number of hydrogen-bond acceptors (Lipinski definition) is 3. The molecule has 2 rings (SSSR count). The zero-order valence-electron chi connectivity index (χ0n) is 10.1. The highest BCUT2D eigenvalue weighted by Gasteiger charge is 2.25. The molecule has 88 valence electrons. The van der Waals surface area contributed by atoms with Crippen LogP contribution in [0.4, 0.5) is 0 Å². The van der Waals surface area contributed by atoms with Gasteiger partial charge in [-0.3, -0.25) is 0 Å². The van der Waals surface area contributed by atoms with Crippen LogP contribution in [0.25, 0.3) is 0 Å². The normalized spacial score (nSPS) is 32.8. The lowest BCUT2D eigenvalue weighted by Crippen LogP contribution is -2.38. The molecule has 2 fully saturated rings. The highest BCUT2D eigenvalue weighted by atomic mass is 32.2. The van der Waals surface area contributed by atoms with Gasteiger partial charge in [0.05, 0.1) is 0 Å². The predicted octanol–water partition coefficient (Wildman–Crippen LogP) is 1.96. The smallest absolute Gasteiger partial charge is 0.0195 e. The number of thioether (sulfide) groups is 1. The minimum absolute atomic E-state index is 0.498. The second-order valence-corrected chi connectivity index (χ2v) is 7.25. The Hall–Kier alpha value is 0.270. The zero-order chi connectivity index (χ0) is 10.7. The molecule has 3 heteroatoms. The Bertz CT molecular complexity index is 200. The maximum absolute atomic E-state index is 3.60. The van der Waals surface area contributed by atoms with Crippen LogP contribution in [0, 0.1) is 0 Å². The third kappa shape index (κ3) is 3.65. The van der Waals surface area contributed by atoms with E-state index in [0.29, 0.717) is 4.75 Å². The van der Waals surface area contributed by atoms with Crippen LogP contribution in [0.15, 0.2) is 0 Å². The van der Waals surface area contributed by atoms with Gasteiger partial charge in [-0.25, -0.2) is 0 Å². The largest absolute Gasteiger partial charge is 0.313 e. The molecule has 1 unspecified atom stereocenters. The summed E-state index contributed by atoms with van der Waals surface area (Å²) >= 11 is 2.14. The fourth-order valence-corrected chi connectivity index (χ4v) is 3.61. The van der Waals surface area contributed by atoms with Crippen LogP contribution < -0.4 is 5.32 Å². The molecule has 2 aliphatic heterocycles. The first-order valence-corrected chi connectivity index (χ1v) is 7.24. The van der Waals surface area contributed by atoms with Crippen LogP contribution in [0.1, 0.15) is 33.1 Å². The van der Waals surface area contributed by atoms with Gasteiger partial charge >= 0.3 is 0 Å². The Balaban J connectivity index is 1.78. The molecule has 2 aliphatic rings. The summed E-state index contributed by atoms with van der Waals surface area (Å²) < 4.78 is 0.498. The van der Waals surface area contributed by atoms with Crippen molar-refractivity contribution in [3.8, 4) is 0 Å². The Kier molecular flexibility index (Phi) is 3.97. The van der Waals surface area contributed by atoms with Crippen LogP contribution in [0.3, 0.4) is 0 Å². The summed E-state index contributed by atoms with van der Waals surface area (Å²) in [7, 11) is 0. The molecule has 2 nitrogen and oxygen atoms in total. The second-order valence-electron chi connectivity index (χ2n) is 5.45. The van der Waals surface area contributed by atoms with Gasteiger partial charge in [-0.05, 0) is 32.4 Å². The van der Waals surface area contributed by atoms with E-state index in [9.17, 15) is 0 Å². The van der Waals surface area contributed by atoms with Gasteiger partial charge in [0.25, 0.3) is 0 Å². The molecule has 15 heavy (non-hydrogen) atoms. The maximum Gasteiger partial charge on any atom is 0.0195 e. The standard InChI is InChI=1S/C12H24N2S/c1-12(2)5-7-14(8-9-15-12)10-11-4-3-6-13-11/h11,13H,3-10H2,1-2H3. The molecule has 1 atom stereocenters. The van der Waals surface area contributed by atoms with Gasteiger partial charge in [0.2, 0.25) is 0 Å². The lowest BCUT2D eigenvalue weighted by molar-refractivity contribution is 0.258. The van der Waals surface area contributed by atoms with Crippen molar-refractivity contribution in [3.63, 3.8) is 0 Å². The Morgan fingerprint density at radius 3 is 3.00 bits per heavy atom. The summed E-state index contributed by atoms with van der Waals surface area (Å²) in [6.07, 6.45) is 4.09. The van der Waals surface area contributed by atoms with Crippen molar-refractivity contribution in [2.75, 3.05) is 31.9 Å². The number of nitrogens with one attached hydrogen (secondary N) is 1. The quantitative estimate of drug-likeness (QED) is 0.778. The fourth-order valence-electron chi connectivity index (χ4n) is 2.47. The van der Waals surface area contributed by atoms with Crippen LogP contribution in [-0.4, -0.2) is 47.6 Å².